The van der Waals surface area contributed by atoms with Crippen LogP contribution in [0.15, 0.2) is 28.6 Å². The first-order valence-corrected chi connectivity index (χ1v) is 10.6. The van der Waals surface area contributed by atoms with E-state index in [1.165, 1.54) is 0 Å². The van der Waals surface area contributed by atoms with E-state index in [0.717, 1.165) is 48.0 Å². The van der Waals surface area contributed by atoms with E-state index in [0.29, 0.717) is 29.0 Å². The zero-order valence-electron chi connectivity index (χ0n) is 17.3. The van der Waals surface area contributed by atoms with Crippen LogP contribution in [0.25, 0.3) is 0 Å². The standard InChI is InChI=1S/C20H25F3N4O2S.HI/c1-24-19(26-11-17-27-16(12-30-17)20(21,22)23)25-10-13-6-5-9-15(28-2)18(13)29-14-7-3-4-8-14;/h5-6,9,12,14H,3-4,7-8,10-11H2,1-2H3,(H2,24,25,26);1H. The van der Waals surface area contributed by atoms with Gasteiger partial charge in [0.15, 0.2) is 23.2 Å². The average molecular weight is 570 g/mol. The van der Waals surface area contributed by atoms with Gasteiger partial charge >= 0.3 is 6.18 Å². The van der Waals surface area contributed by atoms with E-state index in [9.17, 15) is 13.2 Å². The van der Waals surface area contributed by atoms with Gasteiger partial charge in [0.1, 0.15) is 5.01 Å². The second kappa shape index (κ2) is 11.7. The van der Waals surface area contributed by atoms with Crippen molar-refractivity contribution in [3.8, 4) is 11.5 Å². The van der Waals surface area contributed by atoms with Gasteiger partial charge in [-0.1, -0.05) is 12.1 Å². The maximum atomic E-state index is 12.7. The summed E-state index contributed by atoms with van der Waals surface area (Å²) >= 11 is 0.956. The van der Waals surface area contributed by atoms with Crippen molar-refractivity contribution in [2.24, 2.45) is 4.99 Å². The second-order valence-corrected chi connectivity index (χ2v) is 7.82. The van der Waals surface area contributed by atoms with Crippen LogP contribution in [0, 0.1) is 0 Å². The number of hydrogen-bond donors (Lipinski definition) is 2. The minimum atomic E-state index is -4.43. The number of hydrogen-bond acceptors (Lipinski definition) is 5. The van der Waals surface area contributed by atoms with E-state index in [-0.39, 0.29) is 36.6 Å². The number of methoxy groups -OCH3 is 1. The van der Waals surface area contributed by atoms with E-state index >= 15 is 0 Å². The van der Waals surface area contributed by atoms with Gasteiger partial charge in [-0.25, -0.2) is 4.98 Å². The largest absolute Gasteiger partial charge is 0.493 e. The molecule has 1 aliphatic carbocycles. The van der Waals surface area contributed by atoms with Crippen molar-refractivity contribution < 1.29 is 22.6 Å². The highest BCUT2D eigenvalue weighted by atomic mass is 127. The van der Waals surface area contributed by atoms with Crippen LogP contribution in [0.3, 0.4) is 0 Å². The lowest BCUT2D eigenvalue weighted by atomic mass is 10.1. The number of ether oxygens (including phenoxy) is 2. The highest BCUT2D eigenvalue weighted by Crippen LogP contribution is 2.35. The lowest BCUT2D eigenvalue weighted by Gasteiger charge is -2.20. The highest BCUT2D eigenvalue weighted by Gasteiger charge is 2.33. The minimum Gasteiger partial charge on any atom is -0.493 e. The number of aromatic nitrogens is 1. The topological polar surface area (TPSA) is 67.8 Å². The third-order valence-corrected chi connectivity index (χ3v) is 5.64. The molecule has 1 saturated carbocycles. The molecule has 11 heteroatoms. The Morgan fingerprint density at radius 1 is 1.23 bits per heavy atom. The highest BCUT2D eigenvalue weighted by molar-refractivity contribution is 14.0. The predicted molar refractivity (Wildman–Crippen MR) is 125 cm³/mol. The molecule has 3 rings (SSSR count). The van der Waals surface area contributed by atoms with Crippen LogP contribution in [-0.2, 0) is 19.3 Å². The van der Waals surface area contributed by atoms with Gasteiger partial charge in [0.05, 0.1) is 19.8 Å². The van der Waals surface area contributed by atoms with Gasteiger partial charge in [-0.15, -0.1) is 35.3 Å². The summed E-state index contributed by atoms with van der Waals surface area (Å²) in [6.45, 7) is 0.564. The lowest BCUT2D eigenvalue weighted by molar-refractivity contribution is -0.140. The Balaban J connectivity index is 0.00000341. The molecule has 1 aliphatic rings. The van der Waals surface area contributed by atoms with Crippen LogP contribution >= 0.6 is 35.3 Å². The van der Waals surface area contributed by atoms with Crippen LogP contribution < -0.4 is 20.1 Å². The molecule has 0 amide bonds. The van der Waals surface area contributed by atoms with Crippen LogP contribution in [-0.4, -0.2) is 31.2 Å². The number of halogens is 4. The molecular weight excluding hydrogens is 544 g/mol. The molecule has 0 saturated heterocycles. The van der Waals surface area contributed by atoms with E-state index in [2.05, 4.69) is 20.6 Å². The summed E-state index contributed by atoms with van der Waals surface area (Å²) in [6.07, 6.45) is 0.138. The lowest BCUT2D eigenvalue weighted by Crippen LogP contribution is -2.36. The Hall–Kier alpha value is -1.76. The fourth-order valence-corrected chi connectivity index (χ4v) is 3.99. The van der Waals surface area contributed by atoms with Crippen molar-refractivity contribution in [3.05, 3.63) is 39.8 Å². The maximum Gasteiger partial charge on any atom is 0.434 e. The monoisotopic (exact) mass is 570 g/mol. The molecule has 1 heterocycles. The average Bonchev–Trinajstić information content (AvgIpc) is 3.40. The van der Waals surface area contributed by atoms with Crippen molar-refractivity contribution in [2.45, 2.75) is 51.1 Å². The number of nitrogens with zero attached hydrogens (tertiary/aromatic N) is 2. The third-order valence-electron chi connectivity index (χ3n) is 4.79. The first-order chi connectivity index (χ1) is 14.4. The van der Waals surface area contributed by atoms with Gasteiger partial charge in [0, 0.05) is 24.5 Å². The molecule has 172 valence electrons. The number of nitrogens with one attached hydrogen (secondary N) is 2. The summed E-state index contributed by atoms with van der Waals surface area (Å²) in [5, 5.41) is 7.50. The second-order valence-electron chi connectivity index (χ2n) is 6.88. The number of alkyl halides is 3. The molecule has 6 nitrogen and oxygen atoms in total. The van der Waals surface area contributed by atoms with Crippen molar-refractivity contribution >= 4 is 41.3 Å². The van der Waals surface area contributed by atoms with Crippen LogP contribution in [0.4, 0.5) is 13.2 Å². The molecule has 1 fully saturated rings. The Bertz CT molecular complexity index is 870. The number of rotatable bonds is 7. The molecule has 2 aromatic rings. The molecule has 0 spiro atoms. The zero-order chi connectivity index (χ0) is 21.6. The Labute approximate surface area is 200 Å². The van der Waals surface area contributed by atoms with Crippen molar-refractivity contribution in [2.75, 3.05) is 14.2 Å². The Kier molecular flexibility index (Phi) is 9.66. The smallest absolute Gasteiger partial charge is 0.434 e. The number of guanidine groups is 1. The third kappa shape index (κ3) is 7.13. The molecule has 0 aliphatic heterocycles. The van der Waals surface area contributed by atoms with Crippen molar-refractivity contribution in [1.82, 2.24) is 15.6 Å². The number of benzene rings is 1. The molecule has 0 atom stereocenters. The van der Waals surface area contributed by atoms with Crippen LogP contribution in [0.1, 0.15) is 41.9 Å². The van der Waals surface area contributed by atoms with Gasteiger partial charge < -0.3 is 20.1 Å². The fourth-order valence-electron chi connectivity index (χ4n) is 3.25. The summed E-state index contributed by atoms with van der Waals surface area (Å²) in [4.78, 5) is 7.74. The maximum absolute atomic E-state index is 12.7. The number of thiazole rings is 1. The summed E-state index contributed by atoms with van der Waals surface area (Å²) in [7, 11) is 3.21. The SMILES string of the molecule is CN=C(NCc1nc(C(F)(F)F)cs1)NCc1cccc(OC)c1OC1CCCC1.I. The molecular formula is C20H26F3IN4O2S. The molecule has 0 unspecified atom stereocenters. The minimum absolute atomic E-state index is 0. The van der Waals surface area contributed by atoms with Crippen LogP contribution in [0.5, 0.6) is 11.5 Å². The predicted octanol–water partition coefficient (Wildman–Crippen LogP) is 4.98. The Morgan fingerprint density at radius 2 is 1.94 bits per heavy atom. The van der Waals surface area contributed by atoms with Crippen LogP contribution in [0.2, 0.25) is 0 Å². The normalized spacial score (nSPS) is 14.8. The first-order valence-electron chi connectivity index (χ1n) is 9.69. The number of aliphatic imine (C=N–C) groups is 1. The van der Waals surface area contributed by atoms with Gasteiger partial charge in [-0.3, -0.25) is 4.99 Å². The summed E-state index contributed by atoms with van der Waals surface area (Å²) < 4.78 is 49.7. The van der Waals surface area contributed by atoms with Gasteiger partial charge in [0.25, 0.3) is 0 Å². The zero-order valence-corrected chi connectivity index (χ0v) is 20.4. The summed E-state index contributed by atoms with van der Waals surface area (Å²) in [5.41, 5.74) is 0.0372. The summed E-state index contributed by atoms with van der Waals surface area (Å²) in [5.74, 6) is 1.84. The number of para-hydroxylation sites is 1. The van der Waals surface area contributed by atoms with E-state index in [4.69, 9.17) is 9.47 Å². The van der Waals surface area contributed by atoms with Crippen molar-refractivity contribution in [1.29, 1.82) is 0 Å². The molecule has 1 aromatic carbocycles. The van der Waals surface area contributed by atoms with E-state index < -0.39 is 11.9 Å². The summed E-state index contributed by atoms with van der Waals surface area (Å²) in [6, 6.07) is 5.70. The van der Waals surface area contributed by atoms with E-state index in [1.807, 2.05) is 18.2 Å². The Morgan fingerprint density at radius 3 is 2.55 bits per heavy atom. The van der Waals surface area contributed by atoms with Gasteiger partial charge in [0.2, 0.25) is 0 Å². The molecule has 31 heavy (non-hydrogen) atoms. The fraction of sp³-hybridized carbons (Fsp3) is 0.500. The van der Waals surface area contributed by atoms with E-state index in [1.54, 1.807) is 14.2 Å². The molecule has 2 N–H and O–H groups in total. The van der Waals surface area contributed by atoms with Gasteiger partial charge in [-0.05, 0) is 31.7 Å². The first kappa shape index (κ1) is 25.5. The van der Waals surface area contributed by atoms with Crippen molar-refractivity contribution in [3.63, 3.8) is 0 Å². The quantitative estimate of drug-likeness (QED) is 0.280. The molecule has 0 bridgehead atoms. The molecule has 1 aromatic heterocycles. The molecule has 0 radical (unpaired) electrons. The van der Waals surface area contributed by atoms with Gasteiger partial charge in [-0.2, -0.15) is 13.2 Å².